The van der Waals surface area contributed by atoms with Gasteiger partial charge in [0.05, 0.1) is 5.56 Å². The Morgan fingerprint density at radius 1 is 1.19 bits per heavy atom. The van der Waals surface area contributed by atoms with Gasteiger partial charge in [-0.15, -0.1) is 5.54 Å². The second-order valence-corrected chi connectivity index (χ2v) is 17.0. The van der Waals surface area contributed by atoms with E-state index in [-0.39, 0.29) is 23.5 Å². The molecule has 6 nitrogen and oxygen atoms in total. The predicted octanol–water partition coefficient (Wildman–Crippen LogP) is 5.22. The largest absolute Gasteiger partial charge is 0.399 e. The molecule has 2 heterocycles. The smallest absolute Gasteiger partial charge is 0.383 e. The fourth-order valence-corrected chi connectivity index (χ4v) is 5.43. The van der Waals surface area contributed by atoms with Crippen LogP contribution in [0.5, 0.6) is 0 Å². The van der Waals surface area contributed by atoms with Gasteiger partial charge in [-0.3, -0.25) is 4.79 Å². The zero-order valence-electron chi connectivity index (χ0n) is 24.6. The number of pyridine rings is 1. The Balaban J connectivity index is 1.59. The Hall–Kier alpha value is -3.70. The maximum Gasteiger partial charge on any atom is 0.399 e. The Bertz CT molecular complexity index is 1540. The minimum Gasteiger partial charge on any atom is -0.383 e. The molecule has 1 saturated heterocycles. The van der Waals surface area contributed by atoms with Crippen LogP contribution in [0.2, 0.25) is 19.6 Å². The number of alkyl halides is 3. The molecule has 0 bridgehead atoms. The highest BCUT2D eigenvalue weighted by atomic mass is 35.5. The molecule has 4 rings (SSSR count). The first-order chi connectivity index (χ1) is 20.1. The van der Waals surface area contributed by atoms with Gasteiger partial charge in [0.2, 0.25) is 0 Å². The Kier molecular flexibility index (Phi) is 9.65. The molecule has 3 aliphatic rings. The van der Waals surface area contributed by atoms with Crippen LogP contribution in [0, 0.1) is 34.6 Å². The van der Waals surface area contributed by atoms with Gasteiger partial charge in [0, 0.05) is 61.3 Å². The van der Waals surface area contributed by atoms with E-state index in [1.54, 1.807) is 36.7 Å². The fraction of sp³-hybridized carbons (Fsp3) is 0.375. The molecule has 2 aliphatic carbocycles. The van der Waals surface area contributed by atoms with E-state index in [9.17, 15) is 18.0 Å². The van der Waals surface area contributed by atoms with E-state index in [4.69, 9.17) is 17.3 Å². The molecule has 43 heavy (non-hydrogen) atoms. The molecule has 0 spiro atoms. The molecule has 2 unspecified atom stereocenters. The first-order valence-electron chi connectivity index (χ1n) is 13.9. The average molecular weight is 626 g/mol. The summed E-state index contributed by atoms with van der Waals surface area (Å²) in [5.74, 6) is 7.26. The van der Waals surface area contributed by atoms with Crippen molar-refractivity contribution in [3.63, 3.8) is 0 Å². The van der Waals surface area contributed by atoms with Crippen LogP contribution >= 0.6 is 11.6 Å². The fourth-order valence-electron chi connectivity index (χ4n) is 4.62. The van der Waals surface area contributed by atoms with Gasteiger partial charge in [-0.25, -0.2) is 4.98 Å². The summed E-state index contributed by atoms with van der Waals surface area (Å²) in [7, 11) is 0.104. The Morgan fingerprint density at radius 2 is 1.91 bits per heavy atom. The van der Waals surface area contributed by atoms with E-state index < -0.39 is 31.5 Å². The SMILES string of the molecule is CN1CCN(C=C2C=CC(NC(=O)C3=CC=C(Cl)C(C#Cc4cccnc4N)(C#C[Si](C)(C)C)C3)=CC2C(F)(F)F)CC1. The van der Waals surface area contributed by atoms with Gasteiger partial charge in [-0.2, -0.15) is 13.2 Å². The van der Waals surface area contributed by atoms with E-state index in [2.05, 4.69) is 58.1 Å². The van der Waals surface area contributed by atoms with Crippen molar-refractivity contribution in [1.82, 2.24) is 20.1 Å². The molecule has 3 N–H and O–H groups in total. The second kappa shape index (κ2) is 12.9. The highest BCUT2D eigenvalue weighted by Crippen LogP contribution is 2.41. The predicted molar refractivity (Wildman–Crippen MR) is 168 cm³/mol. The quantitative estimate of drug-likeness (QED) is 0.356. The van der Waals surface area contributed by atoms with Crippen LogP contribution in [-0.4, -0.2) is 68.2 Å². The number of likely N-dealkylation sites (N-methyl/N-ethyl adjacent to an activating group) is 1. The number of nitrogens with two attached hydrogens (primary N) is 1. The third kappa shape index (κ3) is 8.44. The van der Waals surface area contributed by atoms with Gasteiger partial charge >= 0.3 is 6.18 Å². The van der Waals surface area contributed by atoms with E-state index in [0.717, 1.165) is 19.2 Å². The van der Waals surface area contributed by atoms with Crippen LogP contribution in [-0.2, 0) is 4.79 Å². The number of piperazine rings is 1. The summed E-state index contributed by atoms with van der Waals surface area (Å²) in [4.78, 5) is 21.5. The van der Waals surface area contributed by atoms with E-state index in [1.165, 1.54) is 12.2 Å². The number of carbonyl (C=O) groups is 1. The van der Waals surface area contributed by atoms with E-state index in [1.807, 2.05) is 11.9 Å². The normalized spacial score (nSPS) is 23.7. The number of rotatable bonds is 3. The number of carbonyl (C=O) groups excluding carboxylic acids is 1. The van der Waals surface area contributed by atoms with Crippen molar-refractivity contribution in [1.29, 1.82) is 0 Å². The number of halogens is 4. The van der Waals surface area contributed by atoms with Crippen molar-refractivity contribution in [2.75, 3.05) is 39.0 Å². The first kappa shape index (κ1) is 32.2. The maximum absolute atomic E-state index is 14.1. The molecule has 0 aromatic carbocycles. The highest BCUT2D eigenvalue weighted by molar-refractivity contribution is 6.83. The van der Waals surface area contributed by atoms with Gasteiger partial charge in [0.15, 0.2) is 0 Å². The summed E-state index contributed by atoms with van der Waals surface area (Å²) in [6.07, 6.45) is 5.76. The number of hydrogen-bond acceptors (Lipinski definition) is 5. The van der Waals surface area contributed by atoms with Crippen molar-refractivity contribution in [3.05, 3.63) is 82.3 Å². The van der Waals surface area contributed by atoms with E-state index >= 15 is 0 Å². The molecule has 0 saturated carbocycles. The number of nitrogen functional groups attached to an aromatic ring is 1. The lowest BCUT2D eigenvalue weighted by atomic mass is 9.78. The van der Waals surface area contributed by atoms with Crippen LogP contribution < -0.4 is 11.1 Å². The lowest BCUT2D eigenvalue weighted by molar-refractivity contribution is -0.151. The number of hydrogen-bond donors (Lipinski definition) is 2. The van der Waals surface area contributed by atoms with Crippen molar-refractivity contribution in [2.24, 2.45) is 11.3 Å². The maximum atomic E-state index is 14.1. The monoisotopic (exact) mass is 625 g/mol. The summed E-state index contributed by atoms with van der Waals surface area (Å²) < 4.78 is 42.4. The zero-order chi connectivity index (χ0) is 31.4. The summed E-state index contributed by atoms with van der Waals surface area (Å²) in [6.45, 7) is 9.08. The molecule has 2 atom stereocenters. The topological polar surface area (TPSA) is 74.5 Å². The van der Waals surface area contributed by atoms with Gasteiger partial charge in [-0.1, -0.05) is 61.2 Å². The summed E-state index contributed by atoms with van der Waals surface area (Å²) >= 11 is 6.70. The second-order valence-electron chi connectivity index (χ2n) is 11.9. The number of nitrogens with zero attached hydrogens (tertiary/aromatic N) is 3. The molecule has 11 heteroatoms. The van der Waals surface area contributed by atoms with Crippen molar-refractivity contribution in [3.8, 4) is 23.3 Å². The number of amides is 1. The number of allylic oxidation sites excluding steroid dienone is 7. The van der Waals surface area contributed by atoms with Crippen molar-refractivity contribution >= 4 is 31.4 Å². The molecule has 1 aromatic rings. The first-order valence-corrected chi connectivity index (χ1v) is 17.8. The Morgan fingerprint density at radius 3 is 2.56 bits per heavy atom. The molecular weight excluding hydrogens is 591 g/mol. The third-order valence-corrected chi connectivity index (χ3v) is 8.45. The minimum atomic E-state index is -4.52. The summed E-state index contributed by atoms with van der Waals surface area (Å²) in [5, 5.41) is 3.00. The van der Waals surface area contributed by atoms with Crippen LogP contribution in [0.1, 0.15) is 12.0 Å². The van der Waals surface area contributed by atoms with Gasteiger partial charge < -0.3 is 20.9 Å². The molecule has 1 aliphatic heterocycles. The summed E-state index contributed by atoms with van der Waals surface area (Å²) in [5.41, 5.74) is 9.08. The highest BCUT2D eigenvalue weighted by Gasteiger charge is 2.42. The van der Waals surface area contributed by atoms with Gasteiger partial charge in [0.25, 0.3) is 5.91 Å². The van der Waals surface area contributed by atoms with Crippen molar-refractivity contribution < 1.29 is 18.0 Å². The molecule has 0 radical (unpaired) electrons. The minimum absolute atomic E-state index is 0.0487. The number of aromatic nitrogens is 1. The summed E-state index contributed by atoms with van der Waals surface area (Å²) in [6, 6.07) is 3.44. The number of anilines is 1. The molecule has 226 valence electrons. The van der Waals surface area contributed by atoms with Crippen LogP contribution in [0.3, 0.4) is 0 Å². The Labute approximate surface area is 257 Å². The van der Waals surface area contributed by atoms with Crippen LogP contribution in [0.4, 0.5) is 19.0 Å². The number of nitrogens with one attached hydrogen (secondary N) is 1. The van der Waals surface area contributed by atoms with Gasteiger partial charge in [-0.05, 0) is 43.0 Å². The van der Waals surface area contributed by atoms with Crippen LogP contribution in [0.15, 0.2) is 76.8 Å². The van der Waals surface area contributed by atoms with Crippen molar-refractivity contribution in [2.45, 2.75) is 32.2 Å². The molecule has 1 fully saturated rings. The average Bonchev–Trinajstić information content (AvgIpc) is 2.93. The van der Waals surface area contributed by atoms with Crippen LogP contribution in [0.25, 0.3) is 0 Å². The molecular formula is C32H35ClF3N5OSi. The molecule has 1 aromatic heterocycles. The molecule has 1 amide bonds. The van der Waals surface area contributed by atoms with Gasteiger partial charge in [0.1, 0.15) is 25.2 Å². The van der Waals surface area contributed by atoms with E-state index in [0.29, 0.717) is 29.3 Å². The lowest BCUT2D eigenvalue weighted by Crippen LogP contribution is -2.42. The standard InChI is InChI=1S/C32H35ClF3N5OSi/c1-40-15-17-41(18-16-40)22-25-7-9-26(20-27(25)32(34,35)36)39-30(42)24-8-10-28(33)31(21-24,13-19-43(2,3)4)12-11-23-6-5-14-38-29(23)37/h5-10,14,20,22,27H,15-18,21H2,1-4H3,(H2,37,38)(H,39,42). The zero-order valence-corrected chi connectivity index (χ0v) is 26.4. The lowest BCUT2D eigenvalue weighted by Gasteiger charge is -2.33. The third-order valence-electron chi connectivity index (χ3n) is 7.13.